The van der Waals surface area contributed by atoms with Crippen LogP contribution in [0.15, 0.2) is 0 Å². The van der Waals surface area contributed by atoms with E-state index in [0.717, 1.165) is 5.75 Å². The van der Waals surface area contributed by atoms with Crippen molar-refractivity contribution in [2.75, 3.05) is 12.4 Å². The topological polar surface area (TPSA) is 105 Å². The molecule has 5 atom stereocenters. The highest BCUT2D eigenvalue weighted by Crippen LogP contribution is 2.43. The molecule has 8 nitrogen and oxygen atoms in total. The molecule has 27 heavy (non-hydrogen) atoms. The van der Waals surface area contributed by atoms with Gasteiger partial charge >= 0.3 is 23.9 Å². The zero-order chi connectivity index (χ0) is 20.6. The van der Waals surface area contributed by atoms with E-state index in [0.29, 0.717) is 6.42 Å². The van der Waals surface area contributed by atoms with E-state index in [1.165, 1.54) is 39.5 Å². The Labute approximate surface area is 167 Å². The summed E-state index contributed by atoms with van der Waals surface area (Å²) in [5.41, 5.74) is 0. The van der Waals surface area contributed by atoms with E-state index in [1.807, 2.05) is 6.92 Å². The molecule has 1 rings (SSSR count). The highest BCUT2D eigenvalue weighted by molar-refractivity contribution is 8.17. The first-order chi connectivity index (χ1) is 12.6. The van der Waals surface area contributed by atoms with Crippen molar-refractivity contribution in [3.63, 3.8) is 0 Å². The van der Waals surface area contributed by atoms with Crippen molar-refractivity contribution >= 4 is 47.4 Å². The standard InChI is InChI=1S/C17H26O8S2/c1-6-26-15-7-13(23-10(3)19)16(25-12(5)21)17(27-15)14(24-11(4)20)8-22-9(2)18/h13-17H,6-8H2,1-5H3/t13-,14?,15+,16+,17+/m0/s1. The van der Waals surface area contributed by atoms with E-state index < -0.39 is 47.4 Å². The second-order valence-corrected chi connectivity index (χ2v) is 9.06. The number of esters is 4. The van der Waals surface area contributed by atoms with Gasteiger partial charge in [-0.25, -0.2) is 0 Å². The van der Waals surface area contributed by atoms with Crippen molar-refractivity contribution in [3.8, 4) is 0 Å². The lowest BCUT2D eigenvalue weighted by Crippen LogP contribution is -2.53. The molecule has 0 radical (unpaired) electrons. The highest BCUT2D eigenvalue weighted by Gasteiger charge is 2.47. The monoisotopic (exact) mass is 422 g/mol. The van der Waals surface area contributed by atoms with Gasteiger partial charge in [-0.2, -0.15) is 0 Å². The first-order valence-corrected chi connectivity index (χ1v) is 10.5. The SMILES string of the molecule is CCS[C@H]1C[C@H](OC(C)=O)[C@@H](OC(C)=O)[C@@H](C(COC(C)=O)OC(C)=O)S1. The van der Waals surface area contributed by atoms with Crippen LogP contribution >= 0.6 is 23.5 Å². The van der Waals surface area contributed by atoms with E-state index in [2.05, 4.69) is 0 Å². The van der Waals surface area contributed by atoms with Crippen molar-refractivity contribution < 1.29 is 38.1 Å². The van der Waals surface area contributed by atoms with E-state index in [4.69, 9.17) is 18.9 Å². The number of rotatable bonds is 8. The zero-order valence-corrected chi connectivity index (χ0v) is 17.7. The minimum Gasteiger partial charge on any atom is -0.462 e. The molecule has 1 unspecified atom stereocenters. The molecule has 0 spiro atoms. The summed E-state index contributed by atoms with van der Waals surface area (Å²) in [6.07, 6.45) is -1.88. The maximum Gasteiger partial charge on any atom is 0.303 e. The number of hydrogen-bond acceptors (Lipinski definition) is 10. The fraction of sp³-hybridized carbons (Fsp3) is 0.765. The van der Waals surface area contributed by atoms with Gasteiger partial charge in [0.15, 0.2) is 12.2 Å². The van der Waals surface area contributed by atoms with Gasteiger partial charge in [0, 0.05) is 34.1 Å². The van der Waals surface area contributed by atoms with Crippen LogP contribution in [-0.4, -0.2) is 64.4 Å². The lowest BCUT2D eigenvalue weighted by atomic mass is 10.0. The molecular formula is C17H26O8S2. The summed E-state index contributed by atoms with van der Waals surface area (Å²) in [6.45, 7) is 6.86. The van der Waals surface area contributed by atoms with Crippen LogP contribution in [0.4, 0.5) is 0 Å². The van der Waals surface area contributed by atoms with Gasteiger partial charge in [0.1, 0.15) is 12.7 Å². The normalized spacial score (nSPS) is 25.8. The van der Waals surface area contributed by atoms with Crippen molar-refractivity contribution in [1.29, 1.82) is 0 Å². The minimum atomic E-state index is -0.848. The zero-order valence-electron chi connectivity index (χ0n) is 16.1. The third-order valence-corrected chi connectivity index (χ3v) is 6.55. The summed E-state index contributed by atoms with van der Waals surface area (Å²) >= 11 is 3.12. The Kier molecular flexibility index (Phi) is 10.00. The second-order valence-electron chi connectivity index (χ2n) is 5.89. The molecule has 0 N–H and O–H groups in total. The van der Waals surface area contributed by atoms with Crippen molar-refractivity contribution in [3.05, 3.63) is 0 Å². The van der Waals surface area contributed by atoms with Crippen LogP contribution in [0, 0.1) is 0 Å². The molecule has 0 amide bonds. The Balaban J connectivity index is 3.18. The lowest BCUT2D eigenvalue weighted by Gasteiger charge is -2.42. The molecule has 1 aliphatic heterocycles. The van der Waals surface area contributed by atoms with Crippen molar-refractivity contribution in [2.24, 2.45) is 0 Å². The summed E-state index contributed by atoms with van der Waals surface area (Å²) in [5, 5.41) is -0.556. The summed E-state index contributed by atoms with van der Waals surface area (Å²) in [4.78, 5) is 46.0. The molecule has 0 aromatic carbocycles. The van der Waals surface area contributed by atoms with Crippen LogP contribution in [0.2, 0.25) is 0 Å². The van der Waals surface area contributed by atoms with Crippen LogP contribution in [0.3, 0.4) is 0 Å². The van der Waals surface area contributed by atoms with Crippen LogP contribution in [-0.2, 0) is 38.1 Å². The number of thioether (sulfide) groups is 2. The van der Waals surface area contributed by atoms with Gasteiger partial charge in [0.05, 0.1) is 9.83 Å². The third-order valence-electron chi connectivity index (χ3n) is 3.53. The Hall–Kier alpha value is -1.42. The average Bonchev–Trinajstić information content (AvgIpc) is 2.52. The molecule has 0 aromatic heterocycles. The van der Waals surface area contributed by atoms with Crippen molar-refractivity contribution in [1.82, 2.24) is 0 Å². The molecule has 154 valence electrons. The number of carbonyl (C=O) groups excluding carboxylic acids is 4. The Morgan fingerprint density at radius 2 is 1.63 bits per heavy atom. The third kappa shape index (κ3) is 8.42. The number of carbonyl (C=O) groups is 4. The van der Waals surface area contributed by atoms with Crippen molar-refractivity contribution in [2.45, 2.75) is 69.2 Å². The van der Waals surface area contributed by atoms with E-state index in [-0.39, 0.29) is 11.2 Å². The predicted octanol–water partition coefficient (Wildman–Crippen LogP) is 1.93. The fourth-order valence-electron chi connectivity index (χ4n) is 2.71. The van der Waals surface area contributed by atoms with Crippen LogP contribution in [0.5, 0.6) is 0 Å². The lowest BCUT2D eigenvalue weighted by molar-refractivity contribution is -0.172. The van der Waals surface area contributed by atoms with Gasteiger partial charge in [-0.15, -0.1) is 23.5 Å². The molecule has 0 saturated carbocycles. The van der Waals surface area contributed by atoms with E-state index in [9.17, 15) is 19.2 Å². The van der Waals surface area contributed by atoms with Gasteiger partial charge in [0.2, 0.25) is 0 Å². The number of hydrogen-bond donors (Lipinski definition) is 0. The van der Waals surface area contributed by atoms with Gasteiger partial charge in [0.25, 0.3) is 0 Å². The van der Waals surface area contributed by atoms with E-state index in [1.54, 1.807) is 11.8 Å². The summed E-state index contributed by atoms with van der Waals surface area (Å²) < 4.78 is 21.3. The predicted molar refractivity (Wildman–Crippen MR) is 101 cm³/mol. The number of ether oxygens (including phenoxy) is 4. The highest BCUT2D eigenvalue weighted by atomic mass is 32.2. The van der Waals surface area contributed by atoms with Crippen LogP contribution in [0.1, 0.15) is 41.0 Å². The Bertz CT molecular complexity index is 553. The minimum absolute atomic E-state index is 0.0338. The smallest absolute Gasteiger partial charge is 0.303 e. The Morgan fingerprint density at radius 3 is 2.11 bits per heavy atom. The summed E-state index contributed by atoms with van der Waals surface area (Å²) in [7, 11) is 0. The Morgan fingerprint density at radius 1 is 1.00 bits per heavy atom. The summed E-state index contributed by atoms with van der Waals surface area (Å²) in [6, 6.07) is 0. The van der Waals surface area contributed by atoms with Gasteiger partial charge < -0.3 is 18.9 Å². The van der Waals surface area contributed by atoms with E-state index >= 15 is 0 Å². The molecule has 0 bridgehead atoms. The molecular weight excluding hydrogens is 396 g/mol. The maximum absolute atomic E-state index is 11.6. The summed E-state index contributed by atoms with van der Waals surface area (Å²) in [5.74, 6) is -1.28. The second kappa shape index (κ2) is 11.4. The van der Waals surface area contributed by atoms with Gasteiger partial charge in [-0.05, 0) is 5.75 Å². The molecule has 0 aliphatic carbocycles. The first kappa shape index (κ1) is 23.6. The van der Waals surface area contributed by atoms with Gasteiger partial charge in [-0.1, -0.05) is 6.92 Å². The molecule has 10 heteroatoms. The van der Waals surface area contributed by atoms with Crippen LogP contribution < -0.4 is 0 Å². The first-order valence-electron chi connectivity index (χ1n) is 8.56. The molecule has 1 fully saturated rings. The molecule has 1 heterocycles. The average molecular weight is 423 g/mol. The largest absolute Gasteiger partial charge is 0.462 e. The quantitative estimate of drug-likeness (QED) is 0.425. The van der Waals surface area contributed by atoms with Gasteiger partial charge in [-0.3, -0.25) is 19.2 Å². The van der Waals surface area contributed by atoms with Crippen LogP contribution in [0.25, 0.3) is 0 Å². The maximum atomic E-state index is 11.6. The molecule has 1 aliphatic rings. The molecule has 0 aromatic rings. The fourth-order valence-corrected chi connectivity index (χ4v) is 5.86. The molecule has 1 saturated heterocycles.